The van der Waals surface area contributed by atoms with E-state index in [2.05, 4.69) is 11.3 Å². The van der Waals surface area contributed by atoms with Gasteiger partial charge in [0.25, 0.3) is 0 Å². The van der Waals surface area contributed by atoms with Gasteiger partial charge in [0.05, 0.1) is 13.2 Å². The Morgan fingerprint density at radius 2 is 2.38 bits per heavy atom. The average molecular weight is 222 g/mol. The van der Waals surface area contributed by atoms with Gasteiger partial charge in [0, 0.05) is 12.0 Å². The number of nitrogens with two attached hydrogens (primary N) is 1. The van der Waals surface area contributed by atoms with Crippen LogP contribution in [0.2, 0.25) is 0 Å². The first-order chi connectivity index (χ1) is 7.74. The number of hydrazine groups is 1. The van der Waals surface area contributed by atoms with Gasteiger partial charge in [0.15, 0.2) is 0 Å². The van der Waals surface area contributed by atoms with Crippen LogP contribution in [-0.2, 0) is 0 Å². The molecule has 0 aliphatic heterocycles. The molecule has 0 spiro atoms. The largest absolute Gasteiger partial charge is 0.496 e. The third-order valence-electron chi connectivity index (χ3n) is 2.36. The summed E-state index contributed by atoms with van der Waals surface area (Å²) in [7, 11) is 1.49. The molecule has 1 atom stereocenters. The molecule has 0 saturated carbocycles. The quantitative estimate of drug-likeness (QED) is 0.453. The molecule has 0 bridgehead atoms. The van der Waals surface area contributed by atoms with Crippen molar-refractivity contribution in [1.82, 2.24) is 5.43 Å². The standard InChI is InChI=1S/C12H15FN2O/c1-3-4-7-10(15-14)12-9(13)6-5-8-11(12)16-2/h1,5-6,8,10,15H,4,7,14H2,2H3. The van der Waals surface area contributed by atoms with Crippen molar-refractivity contribution in [2.24, 2.45) is 5.84 Å². The van der Waals surface area contributed by atoms with Crippen LogP contribution in [0.5, 0.6) is 5.75 Å². The molecule has 0 aliphatic carbocycles. The van der Waals surface area contributed by atoms with Crippen molar-refractivity contribution in [3.63, 3.8) is 0 Å². The molecule has 3 N–H and O–H groups in total. The van der Waals surface area contributed by atoms with Crippen molar-refractivity contribution in [1.29, 1.82) is 0 Å². The zero-order valence-corrected chi connectivity index (χ0v) is 9.16. The highest BCUT2D eigenvalue weighted by Gasteiger charge is 2.18. The Hall–Kier alpha value is -1.57. The molecule has 16 heavy (non-hydrogen) atoms. The lowest BCUT2D eigenvalue weighted by Gasteiger charge is -2.18. The molecule has 1 aromatic carbocycles. The normalized spacial score (nSPS) is 11.9. The summed E-state index contributed by atoms with van der Waals surface area (Å²) in [6.07, 6.45) is 6.25. The van der Waals surface area contributed by atoms with E-state index in [-0.39, 0.29) is 11.9 Å². The summed E-state index contributed by atoms with van der Waals surface area (Å²) in [6.45, 7) is 0. The van der Waals surface area contributed by atoms with Gasteiger partial charge in [-0.3, -0.25) is 11.3 Å². The molecule has 0 aliphatic rings. The summed E-state index contributed by atoms with van der Waals surface area (Å²) < 4.78 is 18.8. The third kappa shape index (κ3) is 2.72. The van der Waals surface area contributed by atoms with E-state index in [9.17, 15) is 4.39 Å². The Kier molecular flexibility index (Phi) is 4.77. The fraction of sp³-hybridized carbons (Fsp3) is 0.333. The number of benzene rings is 1. The first-order valence-electron chi connectivity index (χ1n) is 4.96. The Labute approximate surface area is 94.8 Å². The molecule has 0 heterocycles. The molecule has 3 nitrogen and oxygen atoms in total. The monoisotopic (exact) mass is 222 g/mol. The van der Waals surface area contributed by atoms with E-state index < -0.39 is 0 Å². The summed E-state index contributed by atoms with van der Waals surface area (Å²) in [6, 6.07) is 4.32. The Bertz CT molecular complexity index is 387. The predicted molar refractivity (Wildman–Crippen MR) is 61.1 cm³/mol. The van der Waals surface area contributed by atoms with E-state index in [1.54, 1.807) is 12.1 Å². The number of hydrogen-bond donors (Lipinski definition) is 2. The van der Waals surface area contributed by atoms with Crippen molar-refractivity contribution >= 4 is 0 Å². The van der Waals surface area contributed by atoms with Crippen LogP contribution in [0.1, 0.15) is 24.4 Å². The lowest BCUT2D eigenvalue weighted by molar-refractivity contribution is 0.387. The van der Waals surface area contributed by atoms with Gasteiger partial charge in [-0.05, 0) is 18.6 Å². The van der Waals surface area contributed by atoms with Gasteiger partial charge in [-0.15, -0.1) is 12.3 Å². The molecular formula is C12H15FN2O. The van der Waals surface area contributed by atoms with Gasteiger partial charge in [0.1, 0.15) is 11.6 Å². The highest BCUT2D eigenvalue weighted by atomic mass is 19.1. The first kappa shape index (κ1) is 12.5. The summed E-state index contributed by atoms with van der Waals surface area (Å²) in [4.78, 5) is 0. The first-order valence-corrected chi connectivity index (χ1v) is 4.96. The second-order valence-electron chi connectivity index (χ2n) is 3.32. The Balaban J connectivity index is 3.03. The number of halogens is 1. The maximum atomic E-state index is 13.7. The summed E-state index contributed by atoms with van der Waals surface area (Å²) in [5.41, 5.74) is 2.97. The summed E-state index contributed by atoms with van der Waals surface area (Å²) in [5.74, 6) is 8.02. The number of methoxy groups -OCH3 is 1. The maximum Gasteiger partial charge on any atom is 0.131 e. The Morgan fingerprint density at radius 3 is 2.94 bits per heavy atom. The van der Waals surface area contributed by atoms with Crippen LogP contribution in [-0.4, -0.2) is 7.11 Å². The number of nitrogens with one attached hydrogen (secondary N) is 1. The number of hydrogen-bond acceptors (Lipinski definition) is 3. The highest BCUT2D eigenvalue weighted by molar-refractivity contribution is 5.37. The smallest absolute Gasteiger partial charge is 0.131 e. The van der Waals surface area contributed by atoms with E-state index >= 15 is 0 Å². The predicted octanol–water partition coefficient (Wildman–Crippen LogP) is 1.75. The number of terminal acetylenes is 1. The Morgan fingerprint density at radius 1 is 1.62 bits per heavy atom. The van der Waals surface area contributed by atoms with E-state index in [4.69, 9.17) is 17.0 Å². The van der Waals surface area contributed by atoms with Gasteiger partial charge in [-0.25, -0.2) is 4.39 Å². The summed E-state index contributed by atoms with van der Waals surface area (Å²) in [5, 5.41) is 0. The van der Waals surface area contributed by atoms with Crippen molar-refractivity contribution in [2.75, 3.05) is 7.11 Å². The fourth-order valence-electron chi connectivity index (χ4n) is 1.57. The molecule has 0 fully saturated rings. The van der Waals surface area contributed by atoms with Crippen LogP contribution < -0.4 is 16.0 Å². The van der Waals surface area contributed by atoms with Crippen molar-refractivity contribution < 1.29 is 9.13 Å². The van der Waals surface area contributed by atoms with Crippen LogP contribution in [0.3, 0.4) is 0 Å². The van der Waals surface area contributed by atoms with E-state index in [1.165, 1.54) is 13.2 Å². The minimum Gasteiger partial charge on any atom is -0.496 e. The molecule has 1 rings (SSSR count). The highest BCUT2D eigenvalue weighted by Crippen LogP contribution is 2.29. The van der Waals surface area contributed by atoms with E-state index in [0.717, 1.165) is 0 Å². The van der Waals surface area contributed by atoms with Crippen LogP contribution in [0.4, 0.5) is 4.39 Å². The van der Waals surface area contributed by atoms with Crippen molar-refractivity contribution in [3.05, 3.63) is 29.6 Å². The molecule has 86 valence electrons. The third-order valence-corrected chi connectivity index (χ3v) is 2.36. The second-order valence-corrected chi connectivity index (χ2v) is 3.32. The van der Waals surface area contributed by atoms with Gasteiger partial charge >= 0.3 is 0 Å². The summed E-state index contributed by atoms with van der Waals surface area (Å²) >= 11 is 0. The molecule has 0 amide bonds. The molecule has 1 aromatic rings. The molecule has 0 radical (unpaired) electrons. The SMILES string of the molecule is C#CCCC(NN)c1c(F)cccc1OC. The van der Waals surface area contributed by atoms with Gasteiger partial charge in [-0.2, -0.15) is 0 Å². The van der Waals surface area contributed by atoms with Crippen molar-refractivity contribution in [3.8, 4) is 18.1 Å². The van der Waals surface area contributed by atoms with Crippen LogP contribution in [0.15, 0.2) is 18.2 Å². The van der Waals surface area contributed by atoms with Crippen molar-refractivity contribution in [2.45, 2.75) is 18.9 Å². The lowest BCUT2D eigenvalue weighted by atomic mass is 10.0. The van der Waals surface area contributed by atoms with Crippen LogP contribution >= 0.6 is 0 Å². The fourth-order valence-corrected chi connectivity index (χ4v) is 1.57. The molecule has 0 saturated heterocycles. The molecule has 4 heteroatoms. The van der Waals surface area contributed by atoms with Gasteiger partial charge in [0.2, 0.25) is 0 Å². The number of rotatable bonds is 5. The number of ether oxygens (including phenoxy) is 1. The minimum atomic E-state index is -0.348. The van der Waals surface area contributed by atoms with Gasteiger partial charge < -0.3 is 4.74 Å². The zero-order valence-electron chi connectivity index (χ0n) is 9.16. The average Bonchev–Trinajstić information content (AvgIpc) is 2.31. The van der Waals surface area contributed by atoms with E-state index in [0.29, 0.717) is 24.2 Å². The van der Waals surface area contributed by atoms with E-state index in [1.807, 2.05) is 0 Å². The minimum absolute atomic E-state index is 0.341. The molecular weight excluding hydrogens is 207 g/mol. The topological polar surface area (TPSA) is 47.3 Å². The second kappa shape index (κ2) is 6.11. The zero-order chi connectivity index (χ0) is 12.0. The molecule has 1 unspecified atom stereocenters. The van der Waals surface area contributed by atoms with Crippen LogP contribution in [0.25, 0.3) is 0 Å². The lowest BCUT2D eigenvalue weighted by Crippen LogP contribution is -2.29. The van der Waals surface area contributed by atoms with Gasteiger partial charge in [-0.1, -0.05) is 6.07 Å². The van der Waals surface area contributed by atoms with Crippen LogP contribution in [0, 0.1) is 18.2 Å². The maximum absolute atomic E-state index is 13.7. The molecule has 0 aromatic heterocycles.